The van der Waals surface area contributed by atoms with Gasteiger partial charge >= 0.3 is 0 Å². The summed E-state index contributed by atoms with van der Waals surface area (Å²) in [6.07, 6.45) is 4.56. The molecule has 1 aliphatic heterocycles. The molecule has 2 heterocycles. The molecule has 1 saturated heterocycles. The first-order valence-corrected chi connectivity index (χ1v) is 7.62. The molecular weight excluding hydrogens is 262 g/mol. The summed E-state index contributed by atoms with van der Waals surface area (Å²) in [6, 6.07) is 7.99. The third kappa shape index (κ3) is 3.17. The Morgan fingerprint density at radius 3 is 3.00 bits per heavy atom. The van der Waals surface area contributed by atoms with E-state index in [1.807, 2.05) is 31.3 Å². The van der Waals surface area contributed by atoms with E-state index in [4.69, 9.17) is 5.73 Å². The fraction of sp³-hybridized carbons (Fsp3) is 0.471. The first-order chi connectivity index (χ1) is 10.1. The first-order valence-electron chi connectivity index (χ1n) is 7.62. The second-order valence-electron chi connectivity index (χ2n) is 6.34. The normalized spacial score (nSPS) is 24.1. The zero-order chi connectivity index (χ0) is 14.9. The van der Waals surface area contributed by atoms with Crippen LogP contribution in [0.15, 0.2) is 30.5 Å². The quantitative estimate of drug-likeness (QED) is 0.832. The highest BCUT2D eigenvalue weighted by Gasteiger charge is 2.25. The number of aromatic nitrogens is 1. The average Bonchev–Trinajstić information content (AvgIpc) is 2.63. The van der Waals surface area contributed by atoms with Crippen molar-refractivity contribution >= 4 is 16.6 Å². The van der Waals surface area contributed by atoms with Crippen molar-refractivity contribution in [2.45, 2.75) is 38.3 Å². The van der Waals surface area contributed by atoms with Crippen molar-refractivity contribution in [2.24, 2.45) is 0 Å². The Kier molecular flexibility index (Phi) is 3.83. The predicted octanol–water partition coefficient (Wildman–Crippen LogP) is 2.55. The van der Waals surface area contributed by atoms with E-state index in [1.165, 1.54) is 5.56 Å². The first kappa shape index (κ1) is 14.3. The molecule has 112 valence electrons. The molecule has 4 nitrogen and oxygen atoms in total. The molecule has 0 bridgehead atoms. The largest absolute Gasteiger partial charge is 0.398 e. The van der Waals surface area contributed by atoms with Crippen LogP contribution < -0.4 is 5.73 Å². The lowest BCUT2D eigenvalue weighted by atomic mass is 9.98. The van der Waals surface area contributed by atoms with Gasteiger partial charge in [0.1, 0.15) is 0 Å². The van der Waals surface area contributed by atoms with Gasteiger partial charge in [-0.3, -0.25) is 9.88 Å². The molecule has 3 N–H and O–H groups in total. The van der Waals surface area contributed by atoms with E-state index in [9.17, 15) is 5.11 Å². The molecule has 21 heavy (non-hydrogen) atoms. The lowest BCUT2D eigenvalue weighted by Crippen LogP contribution is -2.28. The summed E-state index contributed by atoms with van der Waals surface area (Å²) in [5, 5.41) is 11.2. The molecule has 1 unspecified atom stereocenters. The maximum absolute atomic E-state index is 10.2. The number of hydrogen-bond acceptors (Lipinski definition) is 4. The number of nitrogen functional groups attached to an aromatic ring is 1. The zero-order valence-electron chi connectivity index (χ0n) is 12.5. The van der Waals surface area contributed by atoms with Gasteiger partial charge in [0, 0.05) is 30.4 Å². The number of fused-ring (bicyclic) bond motifs is 1. The molecule has 4 heteroatoms. The summed E-state index contributed by atoms with van der Waals surface area (Å²) in [7, 11) is 0. The number of aliphatic hydroxyl groups is 1. The van der Waals surface area contributed by atoms with Crippen molar-refractivity contribution in [1.82, 2.24) is 9.88 Å². The Hall–Kier alpha value is -1.65. The van der Waals surface area contributed by atoms with Crippen LogP contribution in [0.5, 0.6) is 0 Å². The van der Waals surface area contributed by atoms with Crippen LogP contribution in [-0.2, 0) is 6.54 Å². The summed E-state index contributed by atoms with van der Waals surface area (Å²) in [4.78, 5) is 6.91. The number of rotatable bonds is 2. The Morgan fingerprint density at radius 1 is 1.29 bits per heavy atom. The lowest BCUT2D eigenvalue weighted by Gasteiger charge is -2.23. The molecule has 1 fully saturated rings. The second kappa shape index (κ2) is 5.62. The number of benzene rings is 1. The predicted molar refractivity (Wildman–Crippen MR) is 85.9 cm³/mol. The highest BCUT2D eigenvalue weighted by atomic mass is 16.3. The van der Waals surface area contributed by atoms with Crippen LogP contribution in [0.1, 0.15) is 31.7 Å². The Bertz CT molecular complexity index is 639. The number of nitrogens with two attached hydrogens (primary N) is 1. The molecule has 3 rings (SSSR count). The van der Waals surface area contributed by atoms with Crippen LogP contribution in [0.4, 0.5) is 5.69 Å². The van der Waals surface area contributed by atoms with Crippen molar-refractivity contribution in [1.29, 1.82) is 0 Å². The minimum Gasteiger partial charge on any atom is -0.398 e. The van der Waals surface area contributed by atoms with E-state index >= 15 is 0 Å². The van der Waals surface area contributed by atoms with Gasteiger partial charge < -0.3 is 10.8 Å². The molecule has 1 aromatic carbocycles. The van der Waals surface area contributed by atoms with Crippen molar-refractivity contribution in [2.75, 3.05) is 18.8 Å². The van der Waals surface area contributed by atoms with Gasteiger partial charge in [0.05, 0.1) is 11.1 Å². The van der Waals surface area contributed by atoms with Crippen molar-refractivity contribution in [3.05, 3.63) is 36.0 Å². The van der Waals surface area contributed by atoms with Gasteiger partial charge in [0.15, 0.2) is 0 Å². The maximum Gasteiger partial charge on any atom is 0.0767 e. The van der Waals surface area contributed by atoms with E-state index < -0.39 is 5.60 Å². The van der Waals surface area contributed by atoms with E-state index in [0.29, 0.717) is 0 Å². The van der Waals surface area contributed by atoms with E-state index in [2.05, 4.69) is 16.0 Å². The van der Waals surface area contributed by atoms with Crippen molar-refractivity contribution in [3.63, 3.8) is 0 Å². The minimum atomic E-state index is -0.518. The van der Waals surface area contributed by atoms with E-state index in [1.54, 1.807) is 0 Å². The highest BCUT2D eigenvalue weighted by Crippen LogP contribution is 2.26. The topological polar surface area (TPSA) is 62.4 Å². The van der Waals surface area contributed by atoms with Gasteiger partial charge in [0.2, 0.25) is 0 Å². The van der Waals surface area contributed by atoms with Crippen molar-refractivity contribution in [3.8, 4) is 0 Å². The standard InChI is InChI=1S/C17H23N3O/c1-17(21)7-3-10-20(11-8-17)12-13-5-6-15(18)14-4-2-9-19-16(13)14/h2,4-6,9,21H,3,7-8,10-12,18H2,1H3. The van der Waals surface area contributed by atoms with Crippen LogP contribution in [0.2, 0.25) is 0 Å². The number of nitrogens with zero attached hydrogens (tertiary/aromatic N) is 2. The SMILES string of the molecule is CC1(O)CCCN(Cc2ccc(N)c3cccnc23)CC1. The third-order valence-corrected chi connectivity index (χ3v) is 4.44. The Morgan fingerprint density at radius 2 is 2.14 bits per heavy atom. The summed E-state index contributed by atoms with van der Waals surface area (Å²) in [5.74, 6) is 0. The summed E-state index contributed by atoms with van der Waals surface area (Å²) < 4.78 is 0. The van der Waals surface area contributed by atoms with Gasteiger partial charge in [-0.1, -0.05) is 6.07 Å². The minimum absolute atomic E-state index is 0.518. The fourth-order valence-electron chi connectivity index (χ4n) is 3.10. The zero-order valence-corrected chi connectivity index (χ0v) is 12.5. The Balaban J connectivity index is 1.84. The second-order valence-corrected chi connectivity index (χ2v) is 6.34. The molecule has 1 atom stereocenters. The average molecular weight is 285 g/mol. The van der Waals surface area contributed by atoms with Crippen LogP contribution in [0.25, 0.3) is 10.9 Å². The molecule has 1 aromatic heterocycles. The lowest BCUT2D eigenvalue weighted by molar-refractivity contribution is 0.0444. The van der Waals surface area contributed by atoms with E-state index in [-0.39, 0.29) is 0 Å². The van der Waals surface area contributed by atoms with Crippen LogP contribution in [0, 0.1) is 0 Å². The number of likely N-dealkylation sites (tertiary alicyclic amines) is 1. The number of anilines is 1. The molecule has 0 aliphatic carbocycles. The molecule has 0 spiro atoms. The fourth-order valence-corrected chi connectivity index (χ4v) is 3.10. The van der Waals surface area contributed by atoms with Crippen LogP contribution >= 0.6 is 0 Å². The van der Waals surface area contributed by atoms with Gasteiger partial charge in [-0.05, 0) is 56.5 Å². The van der Waals surface area contributed by atoms with Gasteiger partial charge in [0.25, 0.3) is 0 Å². The monoisotopic (exact) mass is 285 g/mol. The molecule has 1 aliphatic rings. The van der Waals surface area contributed by atoms with Crippen molar-refractivity contribution < 1.29 is 5.11 Å². The summed E-state index contributed by atoms with van der Waals surface area (Å²) >= 11 is 0. The molecule has 0 radical (unpaired) electrons. The van der Waals surface area contributed by atoms with Gasteiger partial charge in [-0.2, -0.15) is 0 Å². The van der Waals surface area contributed by atoms with Gasteiger partial charge in [-0.15, -0.1) is 0 Å². The smallest absolute Gasteiger partial charge is 0.0767 e. The van der Waals surface area contributed by atoms with Crippen LogP contribution in [-0.4, -0.2) is 33.7 Å². The van der Waals surface area contributed by atoms with Gasteiger partial charge in [-0.25, -0.2) is 0 Å². The van der Waals surface area contributed by atoms with E-state index in [0.717, 1.165) is 55.5 Å². The number of hydrogen-bond donors (Lipinski definition) is 2. The van der Waals surface area contributed by atoms with Crippen LogP contribution in [0.3, 0.4) is 0 Å². The molecule has 0 saturated carbocycles. The molecule has 2 aromatic rings. The Labute approximate surface area is 125 Å². The maximum atomic E-state index is 10.2. The highest BCUT2D eigenvalue weighted by molar-refractivity contribution is 5.92. The molecular formula is C17H23N3O. The number of pyridine rings is 1. The third-order valence-electron chi connectivity index (χ3n) is 4.44. The molecule has 0 amide bonds. The summed E-state index contributed by atoms with van der Waals surface area (Å²) in [6.45, 7) is 4.75. The summed E-state index contributed by atoms with van der Waals surface area (Å²) in [5.41, 5.74) is 8.50.